The maximum atomic E-state index is 10.9. The molecule has 0 unspecified atom stereocenters. The van der Waals surface area contributed by atoms with Crippen LogP contribution in [0.5, 0.6) is 0 Å². The van der Waals surface area contributed by atoms with Gasteiger partial charge in [0.1, 0.15) is 0 Å². The van der Waals surface area contributed by atoms with E-state index in [1.807, 2.05) is 4.90 Å². The largest absolute Gasteiger partial charge is 0.481 e. The van der Waals surface area contributed by atoms with Crippen molar-refractivity contribution < 1.29 is 14.7 Å². The van der Waals surface area contributed by atoms with Crippen LogP contribution in [0.15, 0.2) is 0 Å². The summed E-state index contributed by atoms with van der Waals surface area (Å²) in [6.07, 6.45) is 0.619. The Balaban J connectivity index is 2.25. The summed E-state index contributed by atoms with van der Waals surface area (Å²) in [7, 11) is 0. The number of hydrogen-bond acceptors (Lipinski definition) is 3. The average molecular weight is 186 g/mol. The summed E-state index contributed by atoms with van der Waals surface area (Å²) < 4.78 is 0. The van der Waals surface area contributed by atoms with Crippen LogP contribution in [0.4, 0.5) is 0 Å². The van der Waals surface area contributed by atoms with Gasteiger partial charge in [0.2, 0.25) is 5.91 Å². The smallest absolute Gasteiger partial charge is 0.304 e. The lowest BCUT2D eigenvalue weighted by atomic mass is 10.3. The highest BCUT2D eigenvalue weighted by atomic mass is 16.4. The fourth-order valence-electron chi connectivity index (χ4n) is 1.29. The van der Waals surface area contributed by atoms with Crippen molar-refractivity contribution in [3.05, 3.63) is 0 Å². The summed E-state index contributed by atoms with van der Waals surface area (Å²) >= 11 is 0. The zero-order chi connectivity index (χ0) is 9.68. The molecule has 1 aliphatic heterocycles. The number of nitrogens with zero attached hydrogens (tertiary/aromatic N) is 1. The number of rotatable bonds is 3. The third-order valence-electron chi connectivity index (χ3n) is 2.05. The lowest BCUT2D eigenvalue weighted by Crippen LogP contribution is -2.30. The fraction of sp³-hybridized carbons (Fsp3) is 0.750. The maximum Gasteiger partial charge on any atom is 0.304 e. The number of carbonyl (C=O) groups is 2. The predicted molar refractivity (Wildman–Crippen MR) is 46.3 cm³/mol. The molecule has 0 radical (unpaired) electrons. The highest BCUT2D eigenvalue weighted by Gasteiger charge is 2.13. The highest BCUT2D eigenvalue weighted by Crippen LogP contribution is 1.97. The molecule has 2 N–H and O–H groups in total. The summed E-state index contributed by atoms with van der Waals surface area (Å²) in [5, 5.41) is 11.2. The summed E-state index contributed by atoms with van der Waals surface area (Å²) in [5.41, 5.74) is 0. The van der Waals surface area contributed by atoms with Gasteiger partial charge in [0.25, 0.3) is 0 Å². The first kappa shape index (κ1) is 9.98. The summed E-state index contributed by atoms with van der Waals surface area (Å²) in [6.45, 7) is 2.57. The van der Waals surface area contributed by atoms with Crippen molar-refractivity contribution in [3.8, 4) is 0 Å². The number of carboxylic acids is 1. The molecule has 1 fully saturated rings. The summed E-state index contributed by atoms with van der Waals surface area (Å²) in [4.78, 5) is 23.2. The van der Waals surface area contributed by atoms with E-state index in [0.29, 0.717) is 26.1 Å². The minimum Gasteiger partial charge on any atom is -0.481 e. The summed E-state index contributed by atoms with van der Waals surface area (Å²) in [5.74, 6) is -0.735. The van der Waals surface area contributed by atoms with E-state index in [4.69, 9.17) is 5.11 Å². The Hall–Kier alpha value is -1.10. The molecule has 1 saturated heterocycles. The first-order valence-electron chi connectivity index (χ1n) is 4.39. The van der Waals surface area contributed by atoms with Gasteiger partial charge in [-0.1, -0.05) is 0 Å². The van der Waals surface area contributed by atoms with Crippen LogP contribution in [0.3, 0.4) is 0 Å². The van der Waals surface area contributed by atoms with E-state index in [-0.39, 0.29) is 12.3 Å². The van der Waals surface area contributed by atoms with Gasteiger partial charge in [-0.3, -0.25) is 9.59 Å². The van der Waals surface area contributed by atoms with Crippen molar-refractivity contribution in [2.24, 2.45) is 0 Å². The van der Waals surface area contributed by atoms with E-state index in [2.05, 4.69) is 5.32 Å². The SMILES string of the molecule is O=C(O)CCN1CCNC(=O)CC1. The van der Waals surface area contributed by atoms with Gasteiger partial charge in [0.05, 0.1) is 6.42 Å². The molecule has 5 nitrogen and oxygen atoms in total. The number of aliphatic carboxylic acids is 1. The van der Waals surface area contributed by atoms with E-state index in [9.17, 15) is 9.59 Å². The van der Waals surface area contributed by atoms with Gasteiger partial charge >= 0.3 is 5.97 Å². The molecular weight excluding hydrogens is 172 g/mol. The molecule has 1 heterocycles. The molecule has 0 aliphatic carbocycles. The molecule has 0 saturated carbocycles. The number of carbonyl (C=O) groups excluding carboxylic acids is 1. The molecule has 0 bridgehead atoms. The van der Waals surface area contributed by atoms with Crippen LogP contribution in [0, 0.1) is 0 Å². The van der Waals surface area contributed by atoms with Crippen LogP contribution < -0.4 is 5.32 Å². The monoisotopic (exact) mass is 186 g/mol. The van der Waals surface area contributed by atoms with E-state index >= 15 is 0 Å². The van der Waals surface area contributed by atoms with Gasteiger partial charge in [-0.25, -0.2) is 0 Å². The molecule has 1 rings (SSSR count). The van der Waals surface area contributed by atoms with E-state index in [1.165, 1.54) is 0 Å². The van der Waals surface area contributed by atoms with Crippen molar-refractivity contribution in [1.29, 1.82) is 0 Å². The molecule has 1 aliphatic rings. The second-order valence-electron chi connectivity index (χ2n) is 3.09. The Morgan fingerprint density at radius 2 is 2.31 bits per heavy atom. The van der Waals surface area contributed by atoms with Crippen LogP contribution in [0.2, 0.25) is 0 Å². The third-order valence-corrected chi connectivity index (χ3v) is 2.05. The van der Waals surface area contributed by atoms with Gasteiger partial charge in [-0.15, -0.1) is 0 Å². The second kappa shape index (κ2) is 4.81. The Morgan fingerprint density at radius 1 is 1.54 bits per heavy atom. The molecular formula is C8H14N2O3. The molecule has 0 atom stereocenters. The highest BCUT2D eigenvalue weighted by molar-refractivity contribution is 5.76. The molecule has 0 aromatic heterocycles. The van der Waals surface area contributed by atoms with Gasteiger partial charge in [0.15, 0.2) is 0 Å². The molecule has 74 valence electrons. The first-order chi connectivity index (χ1) is 6.18. The van der Waals surface area contributed by atoms with Crippen molar-refractivity contribution in [2.45, 2.75) is 12.8 Å². The lowest BCUT2D eigenvalue weighted by molar-refractivity contribution is -0.137. The van der Waals surface area contributed by atoms with Crippen LogP contribution >= 0.6 is 0 Å². The Kier molecular flexibility index (Phi) is 3.70. The van der Waals surface area contributed by atoms with Crippen molar-refractivity contribution in [3.63, 3.8) is 0 Å². The molecule has 13 heavy (non-hydrogen) atoms. The normalized spacial score (nSPS) is 19.2. The van der Waals surface area contributed by atoms with Gasteiger partial charge in [-0.2, -0.15) is 0 Å². The molecule has 0 aromatic carbocycles. The number of carboxylic acid groups (broad SMARTS) is 1. The van der Waals surface area contributed by atoms with Crippen molar-refractivity contribution in [2.75, 3.05) is 26.2 Å². The Labute approximate surface area is 76.7 Å². The molecule has 0 aromatic rings. The van der Waals surface area contributed by atoms with Crippen LogP contribution in [-0.2, 0) is 9.59 Å². The van der Waals surface area contributed by atoms with Gasteiger partial charge < -0.3 is 15.3 Å². The fourth-order valence-corrected chi connectivity index (χ4v) is 1.29. The Morgan fingerprint density at radius 3 is 3.00 bits per heavy atom. The van der Waals surface area contributed by atoms with Crippen LogP contribution in [0.1, 0.15) is 12.8 Å². The minimum atomic E-state index is -0.788. The van der Waals surface area contributed by atoms with Gasteiger partial charge in [-0.05, 0) is 0 Å². The zero-order valence-electron chi connectivity index (χ0n) is 7.45. The summed E-state index contributed by atoms with van der Waals surface area (Å²) in [6, 6.07) is 0. The predicted octanol–water partition coefficient (Wildman–Crippen LogP) is -0.717. The second-order valence-corrected chi connectivity index (χ2v) is 3.09. The van der Waals surface area contributed by atoms with Gasteiger partial charge in [0, 0.05) is 32.6 Å². The third kappa shape index (κ3) is 3.89. The van der Waals surface area contributed by atoms with Crippen molar-refractivity contribution >= 4 is 11.9 Å². The quantitative estimate of drug-likeness (QED) is 0.610. The number of hydrogen-bond donors (Lipinski definition) is 2. The van der Waals surface area contributed by atoms with Crippen LogP contribution in [0.25, 0.3) is 0 Å². The minimum absolute atomic E-state index is 0.0535. The number of nitrogens with one attached hydrogen (secondary N) is 1. The molecule has 5 heteroatoms. The maximum absolute atomic E-state index is 10.9. The van der Waals surface area contributed by atoms with Crippen molar-refractivity contribution in [1.82, 2.24) is 10.2 Å². The standard InChI is InChI=1S/C8H14N2O3/c11-7-1-4-10(6-3-9-7)5-2-8(12)13/h1-6H2,(H,9,11)(H,12,13). The molecule has 1 amide bonds. The number of amides is 1. The van der Waals surface area contributed by atoms with E-state index in [1.54, 1.807) is 0 Å². The average Bonchev–Trinajstić information content (AvgIpc) is 2.27. The first-order valence-corrected chi connectivity index (χ1v) is 4.39. The molecule has 0 spiro atoms. The van der Waals surface area contributed by atoms with E-state index < -0.39 is 5.97 Å². The van der Waals surface area contributed by atoms with E-state index in [0.717, 1.165) is 6.54 Å². The Bertz CT molecular complexity index is 206. The lowest BCUT2D eigenvalue weighted by Gasteiger charge is -2.16. The zero-order valence-corrected chi connectivity index (χ0v) is 7.45. The van der Waals surface area contributed by atoms with Crippen LogP contribution in [-0.4, -0.2) is 48.1 Å². The topological polar surface area (TPSA) is 69.6 Å².